The number of nitro groups is 1. The summed E-state index contributed by atoms with van der Waals surface area (Å²) in [6.07, 6.45) is 1.96. The van der Waals surface area contributed by atoms with Crippen molar-refractivity contribution in [3.8, 4) is 11.8 Å². The molecule has 6 nitrogen and oxygen atoms in total. The van der Waals surface area contributed by atoms with E-state index in [0.29, 0.717) is 0 Å². The number of ether oxygens (including phenoxy) is 1. The molecular formula is C14H17N3O3. The normalized spacial score (nSPS) is 17.1. The standard InChI is InChI=1S/C14H17N3O3/c1-10-3-6-13(12(7-10)17(18)19)20-9-14(8-15,16-2)11-4-5-11/h3,6-7,11,16H,4-5,9H2,1-2H3. The molecule has 6 heteroatoms. The van der Waals surface area contributed by atoms with Gasteiger partial charge >= 0.3 is 5.69 Å². The van der Waals surface area contributed by atoms with E-state index in [0.717, 1.165) is 18.4 Å². The molecule has 0 aliphatic heterocycles. The van der Waals surface area contributed by atoms with Gasteiger partial charge in [-0.3, -0.25) is 15.4 Å². The fraction of sp³-hybridized carbons (Fsp3) is 0.500. The van der Waals surface area contributed by atoms with Gasteiger partial charge in [-0.05, 0) is 44.4 Å². The van der Waals surface area contributed by atoms with Gasteiger partial charge in [0.25, 0.3) is 0 Å². The molecule has 1 unspecified atom stereocenters. The maximum absolute atomic E-state index is 11.0. The molecule has 1 saturated carbocycles. The predicted molar refractivity (Wildman–Crippen MR) is 73.5 cm³/mol. The molecule has 1 aromatic rings. The van der Waals surface area contributed by atoms with Crippen LogP contribution in [0, 0.1) is 34.3 Å². The Hall–Kier alpha value is -2.13. The smallest absolute Gasteiger partial charge is 0.311 e. The lowest BCUT2D eigenvalue weighted by Crippen LogP contribution is -2.49. The van der Waals surface area contributed by atoms with Gasteiger partial charge in [-0.15, -0.1) is 0 Å². The van der Waals surface area contributed by atoms with E-state index in [1.165, 1.54) is 6.07 Å². The van der Waals surface area contributed by atoms with Crippen molar-refractivity contribution >= 4 is 5.69 Å². The van der Waals surface area contributed by atoms with Crippen LogP contribution in [0.2, 0.25) is 0 Å². The molecule has 1 aliphatic carbocycles. The Labute approximate surface area is 117 Å². The summed E-state index contributed by atoms with van der Waals surface area (Å²) in [7, 11) is 1.72. The van der Waals surface area contributed by atoms with Crippen LogP contribution in [-0.2, 0) is 0 Å². The van der Waals surface area contributed by atoms with Crippen molar-refractivity contribution in [1.82, 2.24) is 5.32 Å². The Morgan fingerprint density at radius 2 is 2.30 bits per heavy atom. The average Bonchev–Trinajstić information content (AvgIpc) is 3.26. The Kier molecular flexibility index (Phi) is 3.91. The molecule has 0 bridgehead atoms. The van der Waals surface area contributed by atoms with E-state index in [4.69, 9.17) is 4.74 Å². The van der Waals surface area contributed by atoms with Gasteiger partial charge in [-0.1, -0.05) is 6.07 Å². The lowest BCUT2D eigenvalue weighted by molar-refractivity contribution is -0.386. The van der Waals surface area contributed by atoms with Crippen molar-refractivity contribution in [2.45, 2.75) is 25.3 Å². The summed E-state index contributed by atoms with van der Waals surface area (Å²) >= 11 is 0. The first-order chi connectivity index (χ1) is 9.52. The first kappa shape index (κ1) is 14.3. The van der Waals surface area contributed by atoms with Gasteiger partial charge in [0.2, 0.25) is 0 Å². The summed E-state index contributed by atoms with van der Waals surface area (Å²) < 4.78 is 5.58. The quantitative estimate of drug-likeness (QED) is 0.635. The summed E-state index contributed by atoms with van der Waals surface area (Å²) in [5.41, 5.74) is -0.0335. The van der Waals surface area contributed by atoms with Crippen LogP contribution in [0.25, 0.3) is 0 Å². The molecule has 0 saturated heterocycles. The van der Waals surface area contributed by atoms with Crippen molar-refractivity contribution in [2.24, 2.45) is 5.92 Å². The molecule has 1 fully saturated rings. The molecule has 0 radical (unpaired) electrons. The molecule has 1 aliphatic rings. The van der Waals surface area contributed by atoms with Gasteiger partial charge in [0, 0.05) is 6.07 Å². The van der Waals surface area contributed by atoms with Crippen LogP contribution < -0.4 is 10.1 Å². The summed E-state index contributed by atoms with van der Waals surface area (Å²) in [5.74, 6) is 0.457. The third-order valence-electron chi connectivity index (χ3n) is 3.69. The second-order valence-corrected chi connectivity index (χ2v) is 5.12. The Morgan fingerprint density at radius 1 is 1.60 bits per heavy atom. The van der Waals surface area contributed by atoms with Crippen molar-refractivity contribution in [2.75, 3.05) is 13.7 Å². The maximum Gasteiger partial charge on any atom is 0.311 e. The van der Waals surface area contributed by atoms with Crippen LogP contribution in [0.5, 0.6) is 5.75 Å². The summed E-state index contributed by atoms with van der Waals surface area (Å²) in [5, 5.41) is 23.4. The Morgan fingerprint density at radius 3 is 2.80 bits per heavy atom. The molecule has 1 N–H and O–H groups in total. The molecule has 0 amide bonds. The van der Waals surface area contributed by atoms with Crippen LogP contribution in [-0.4, -0.2) is 24.1 Å². The SMILES string of the molecule is CNC(C#N)(COc1ccc(C)cc1[N+](=O)[O-])C1CC1. The number of nitriles is 1. The topological polar surface area (TPSA) is 88.2 Å². The van der Waals surface area contributed by atoms with Crippen LogP contribution in [0.15, 0.2) is 18.2 Å². The molecule has 106 valence electrons. The minimum absolute atomic E-state index is 0.0660. The van der Waals surface area contributed by atoms with Gasteiger partial charge in [0.1, 0.15) is 12.1 Å². The van der Waals surface area contributed by atoms with Crippen LogP contribution in [0.1, 0.15) is 18.4 Å². The summed E-state index contributed by atoms with van der Waals surface area (Å²) in [6, 6.07) is 7.06. The van der Waals surface area contributed by atoms with E-state index in [1.54, 1.807) is 26.1 Å². The number of aryl methyl sites for hydroxylation is 1. The Balaban J connectivity index is 2.18. The van der Waals surface area contributed by atoms with Gasteiger partial charge in [0.05, 0.1) is 11.0 Å². The lowest BCUT2D eigenvalue weighted by Gasteiger charge is -2.25. The molecule has 0 aromatic heterocycles. The number of nitrogens with zero attached hydrogens (tertiary/aromatic N) is 2. The van der Waals surface area contributed by atoms with E-state index in [9.17, 15) is 15.4 Å². The van der Waals surface area contributed by atoms with Crippen molar-refractivity contribution in [3.63, 3.8) is 0 Å². The molecule has 20 heavy (non-hydrogen) atoms. The zero-order valence-corrected chi connectivity index (χ0v) is 11.5. The van der Waals surface area contributed by atoms with Gasteiger partial charge in [0.15, 0.2) is 5.75 Å². The molecule has 0 heterocycles. The van der Waals surface area contributed by atoms with E-state index < -0.39 is 10.5 Å². The maximum atomic E-state index is 11.0. The molecule has 2 rings (SSSR count). The predicted octanol–water partition coefficient (Wildman–Crippen LogP) is 2.17. The van der Waals surface area contributed by atoms with Gasteiger partial charge < -0.3 is 4.74 Å². The average molecular weight is 275 g/mol. The van der Waals surface area contributed by atoms with Crippen molar-refractivity contribution < 1.29 is 9.66 Å². The fourth-order valence-corrected chi connectivity index (χ4v) is 2.23. The number of rotatable bonds is 6. The summed E-state index contributed by atoms with van der Waals surface area (Å²) in [6.45, 7) is 1.89. The number of hydrogen-bond donors (Lipinski definition) is 1. The lowest BCUT2D eigenvalue weighted by atomic mass is 9.96. The van der Waals surface area contributed by atoms with E-state index in [-0.39, 0.29) is 24.0 Å². The van der Waals surface area contributed by atoms with Crippen LogP contribution >= 0.6 is 0 Å². The first-order valence-electron chi connectivity index (χ1n) is 6.50. The fourth-order valence-electron chi connectivity index (χ4n) is 2.23. The number of likely N-dealkylation sites (N-methyl/N-ethyl adjacent to an activating group) is 1. The van der Waals surface area contributed by atoms with Crippen molar-refractivity contribution in [3.05, 3.63) is 33.9 Å². The number of benzene rings is 1. The van der Waals surface area contributed by atoms with Crippen molar-refractivity contribution in [1.29, 1.82) is 5.26 Å². The third-order valence-corrected chi connectivity index (χ3v) is 3.69. The highest BCUT2D eigenvalue weighted by Crippen LogP contribution is 2.40. The number of hydrogen-bond acceptors (Lipinski definition) is 5. The largest absolute Gasteiger partial charge is 0.484 e. The first-order valence-corrected chi connectivity index (χ1v) is 6.50. The van der Waals surface area contributed by atoms with E-state index >= 15 is 0 Å². The molecule has 0 spiro atoms. The van der Waals surface area contributed by atoms with E-state index in [1.807, 2.05) is 0 Å². The zero-order valence-electron chi connectivity index (χ0n) is 11.5. The third kappa shape index (κ3) is 2.73. The van der Waals surface area contributed by atoms with Crippen LogP contribution in [0.4, 0.5) is 5.69 Å². The number of nitro benzene ring substituents is 1. The van der Waals surface area contributed by atoms with E-state index in [2.05, 4.69) is 11.4 Å². The second-order valence-electron chi connectivity index (χ2n) is 5.12. The van der Waals surface area contributed by atoms with Crippen LogP contribution in [0.3, 0.4) is 0 Å². The molecule has 1 aromatic carbocycles. The number of nitrogens with one attached hydrogen (secondary N) is 1. The van der Waals surface area contributed by atoms with Gasteiger partial charge in [-0.25, -0.2) is 0 Å². The summed E-state index contributed by atoms with van der Waals surface area (Å²) in [4.78, 5) is 10.6. The highest BCUT2D eigenvalue weighted by molar-refractivity contribution is 5.48. The monoisotopic (exact) mass is 275 g/mol. The molecular weight excluding hydrogens is 258 g/mol. The van der Waals surface area contributed by atoms with Gasteiger partial charge in [-0.2, -0.15) is 5.26 Å². The minimum atomic E-state index is -0.765. The highest BCUT2D eigenvalue weighted by Gasteiger charge is 2.45. The molecule has 1 atom stereocenters. The zero-order chi connectivity index (χ0) is 14.8. The highest BCUT2D eigenvalue weighted by atomic mass is 16.6. The Bertz CT molecular complexity index is 563. The minimum Gasteiger partial charge on any atom is -0.484 e. The second kappa shape index (κ2) is 5.47.